The third-order valence-corrected chi connectivity index (χ3v) is 4.34. The quantitative estimate of drug-likeness (QED) is 0.680. The number of carbonyl (C=O) groups excluding carboxylic acids is 1. The molecule has 2 rings (SSSR count). The molecule has 0 bridgehead atoms. The van der Waals surface area contributed by atoms with Gasteiger partial charge in [-0.05, 0) is 17.7 Å². The predicted octanol–water partition coefficient (Wildman–Crippen LogP) is 3.02. The molecule has 0 aromatic heterocycles. The van der Waals surface area contributed by atoms with Crippen molar-refractivity contribution in [3.8, 4) is 0 Å². The molecule has 0 atom stereocenters. The largest absolute Gasteiger partial charge is 0.481 e. The van der Waals surface area contributed by atoms with E-state index in [0.29, 0.717) is 14.2 Å². The number of hydrogen-bond acceptors (Lipinski definition) is 4. The number of thioether (sulfide) groups is 1. The van der Waals surface area contributed by atoms with Crippen LogP contribution in [0.15, 0.2) is 29.2 Å². The predicted molar refractivity (Wildman–Crippen MR) is 83.6 cm³/mol. The fourth-order valence-corrected chi connectivity index (χ4v) is 3.12. The molecule has 0 saturated carbocycles. The zero-order valence-corrected chi connectivity index (χ0v) is 12.6. The van der Waals surface area contributed by atoms with Crippen molar-refractivity contribution >= 4 is 57.9 Å². The lowest BCUT2D eigenvalue weighted by atomic mass is 10.2. The van der Waals surface area contributed by atoms with Crippen LogP contribution < -0.4 is 0 Å². The van der Waals surface area contributed by atoms with Gasteiger partial charge in [-0.15, -0.1) is 0 Å². The highest BCUT2D eigenvalue weighted by molar-refractivity contribution is 8.26. The van der Waals surface area contributed by atoms with E-state index in [1.165, 1.54) is 4.90 Å². The summed E-state index contributed by atoms with van der Waals surface area (Å²) >= 11 is 12.3. The maximum absolute atomic E-state index is 12.2. The van der Waals surface area contributed by atoms with Crippen molar-refractivity contribution in [2.75, 3.05) is 6.54 Å². The number of carboxylic acids is 1. The maximum Gasteiger partial charge on any atom is 0.305 e. The molecule has 0 spiro atoms. The smallest absolute Gasteiger partial charge is 0.305 e. The Kier molecular flexibility index (Phi) is 4.80. The van der Waals surface area contributed by atoms with Crippen molar-refractivity contribution in [1.82, 2.24) is 4.90 Å². The third-order valence-electron chi connectivity index (χ3n) is 2.61. The molecular weight excluding hydrogens is 318 g/mol. The molecule has 0 aliphatic carbocycles. The first-order valence-corrected chi connectivity index (χ1v) is 7.31. The summed E-state index contributed by atoms with van der Waals surface area (Å²) in [5.41, 5.74) is 0.730. The Morgan fingerprint density at radius 3 is 2.80 bits per heavy atom. The summed E-state index contributed by atoms with van der Waals surface area (Å²) in [4.78, 5) is 24.5. The first-order valence-electron chi connectivity index (χ1n) is 5.70. The number of nitrogens with zero attached hydrogens (tertiary/aromatic N) is 1. The van der Waals surface area contributed by atoms with Crippen LogP contribution in [0.2, 0.25) is 5.02 Å². The number of thiocarbonyl (C=S) groups is 1. The highest BCUT2D eigenvalue weighted by Gasteiger charge is 2.32. The van der Waals surface area contributed by atoms with Crippen molar-refractivity contribution < 1.29 is 14.7 Å². The fourth-order valence-electron chi connectivity index (χ4n) is 1.63. The van der Waals surface area contributed by atoms with E-state index in [9.17, 15) is 9.59 Å². The fraction of sp³-hybridized carbons (Fsp3) is 0.154. The normalized spacial score (nSPS) is 17.1. The van der Waals surface area contributed by atoms with E-state index in [1.54, 1.807) is 24.3 Å². The van der Waals surface area contributed by atoms with Crippen LogP contribution in [0.4, 0.5) is 0 Å². The summed E-state index contributed by atoms with van der Waals surface area (Å²) in [6, 6.07) is 7.16. The third kappa shape index (κ3) is 3.39. The van der Waals surface area contributed by atoms with E-state index in [0.717, 1.165) is 17.3 Å². The van der Waals surface area contributed by atoms with Gasteiger partial charge in [0.25, 0.3) is 5.91 Å². The van der Waals surface area contributed by atoms with Crippen LogP contribution >= 0.6 is 35.6 Å². The molecule has 7 heteroatoms. The minimum Gasteiger partial charge on any atom is -0.481 e. The first-order chi connectivity index (χ1) is 9.49. The Labute approximate surface area is 130 Å². The molecular formula is C13H10ClNO3S2. The molecule has 20 heavy (non-hydrogen) atoms. The van der Waals surface area contributed by atoms with Crippen LogP contribution in [0.25, 0.3) is 6.08 Å². The summed E-state index contributed by atoms with van der Waals surface area (Å²) in [5, 5.41) is 9.21. The van der Waals surface area contributed by atoms with Gasteiger partial charge in [-0.2, -0.15) is 0 Å². The molecule has 1 aliphatic rings. The van der Waals surface area contributed by atoms with Gasteiger partial charge in [0.15, 0.2) is 0 Å². The molecule has 1 fully saturated rings. The van der Waals surface area contributed by atoms with E-state index in [-0.39, 0.29) is 18.9 Å². The van der Waals surface area contributed by atoms with Gasteiger partial charge >= 0.3 is 5.97 Å². The molecule has 1 aromatic rings. The van der Waals surface area contributed by atoms with Crippen LogP contribution in [0.5, 0.6) is 0 Å². The second-order valence-electron chi connectivity index (χ2n) is 4.00. The number of carboxylic acid groups (broad SMARTS) is 1. The molecule has 4 nitrogen and oxygen atoms in total. The van der Waals surface area contributed by atoms with E-state index < -0.39 is 5.97 Å². The summed E-state index contributed by atoms with van der Waals surface area (Å²) in [7, 11) is 0. The van der Waals surface area contributed by atoms with Gasteiger partial charge in [0, 0.05) is 11.6 Å². The zero-order chi connectivity index (χ0) is 14.7. The lowest BCUT2D eigenvalue weighted by Gasteiger charge is -2.12. The molecule has 1 amide bonds. The van der Waals surface area contributed by atoms with Crippen LogP contribution in [0, 0.1) is 0 Å². The van der Waals surface area contributed by atoms with Gasteiger partial charge < -0.3 is 5.11 Å². The van der Waals surface area contributed by atoms with Gasteiger partial charge in [0.05, 0.1) is 11.3 Å². The summed E-state index contributed by atoms with van der Waals surface area (Å²) in [6.45, 7) is 0.0832. The van der Waals surface area contributed by atoms with E-state index in [4.69, 9.17) is 28.9 Å². The minimum atomic E-state index is -0.964. The second-order valence-corrected chi connectivity index (χ2v) is 6.08. The Morgan fingerprint density at radius 1 is 1.45 bits per heavy atom. The highest BCUT2D eigenvalue weighted by Crippen LogP contribution is 2.33. The van der Waals surface area contributed by atoms with Crippen LogP contribution in [-0.4, -0.2) is 32.7 Å². The van der Waals surface area contributed by atoms with Crippen molar-refractivity contribution in [3.63, 3.8) is 0 Å². The average molecular weight is 328 g/mol. The molecule has 0 unspecified atom stereocenters. The number of amides is 1. The average Bonchev–Trinajstić information content (AvgIpc) is 2.65. The SMILES string of the molecule is O=C(O)CCN1C(=O)C(=Cc2ccccc2Cl)SC1=S. The highest BCUT2D eigenvalue weighted by atomic mass is 35.5. The Hall–Kier alpha value is -1.37. The van der Waals surface area contributed by atoms with Crippen LogP contribution in [0.3, 0.4) is 0 Å². The number of rotatable bonds is 4. The molecule has 1 aromatic carbocycles. The lowest BCUT2D eigenvalue weighted by molar-refractivity contribution is -0.137. The topological polar surface area (TPSA) is 57.6 Å². The van der Waals surface area contributed by atoms with Gasteiger partial charge in [0.2, 0.25) is 0 Å². The van der Waals surface area contributed by atoms with Crippen molar-refractivity contribution in [2.24, 2.45) is 0 Å². The summed E-state index contributed by atoms with van der Waals surface area (Å²) in [5.74, 6) is -1.24. The molecule has 104 valence electrons. The number of aliphatic carboxylic acids is 1. The standard InChI is InChI=1S/C13H10ClNO3S2/c14-9-4-2-1-3-8(9)7-10-12(18)15(13(19)20-10)6-5-11(16)17/h1-4,7H,5-6H2,(H,16,17). The molecule has 1 aliphatic heterocycles. The van der Waals surface area contributed by atoms with Crippen molar-refractivity contribution in [2.45, 2.75) is 6.42 Å². The number of carbonyl (C=O) groups is 2. The monoisotopic (exact) mass is 327 g/mol. The van der Waals surface area contributed by atoms with Crippen LogP contribution in [-0.2, 0) is 9.59 Å². The second kappa shape index (κ2) is 6.39. The molecule has 1 N–H and O–H groups in total. The Morgan fingerprint density at radius 2 is 2.15 bits per heavy atom. The number of benzene rings is 1. The Bertz CT molecular complexity index is 615. The number of halogens is 1. The minimum absolute atomic E-state index is 0.0832. The molecule has 1 saturated heterocycles. The molecule has 1 heterocycles. The van der Waals surface area contributed by atoms with Gasteiger partial charge in [-0.25, -0.2) is 0 Å². The summed E-state index contributed by atoms with van der Waals surface area (Å²) < 4.78 is 0.370. The van der Waals surface area contributed by atoms with Crippen LogP contribution in [0.1, 0.15) is 12.0 Å². The maximum atomic E-state index is 12.2. The van der Waals surface area contributed by atoms with Gasteiger partial charge in [0.1, 0.15) is 4.32 Å². The molecule has 0 radical (unpaired) electrons. The van der Waals surface area contributed by atoms with E-state index >= 15 is 0 Å². The first kappa shape index (κ1) is 15.0. The Balaban J connectivity index is 2.19. The summed E-state index contributed by atoms with van der Waals surface area (Å²) in [6.07, 6.45) is 1.54. The van der Waals surface area contributed by atoms with E-state index in [2.05, 4.69) is 0 Å². The lowest BCUT2D eigenvalue weighted by Crippen LogP contribution is -2.30. The van der Waals surface area contributed by atoms with Gasteiger partial charge in [-0.3, -0.25) is 14.5 Å². The van der Waals surface area contributed by atoms with Gasteiger partial charge in [-0.1, -0.05) is 53.8 Å². The van der Waals surface area contributed by atoms with Crippen molar-refractivity contribution in [3.05, 3.63) is 39.8 Å². The van der Waals surface area contributed by atoms with Crippen molar-refractivity contribution in [1.29, 1.82) is 0 Å². The zero-order valence-electron chi connectivity index (χ0n) is 10.2. The van der Waals surface area contributed by atoms with E-state index in [1.807, 2.05) is 6.07 Å². The number of hydrogen-bond donors (Lipinski definition) is 1.